The Morgan fingerprint density at radius 3 is 0.637 bits per heavy atom. The third-order valence-corrected chi connectivity index (χ3v) is 16.4. The first-order valence-electron chi connectivity index (χ1n) is 27.7. The molecule has 0 amide bonds. The molecule has 0 saturated heterocycles. The number of fused-ring (bicyclic) bond motifs is 2. The van der Waals surface area contributed by atoms with Crippen LogP contribution in [0.3, 0.4) is 0 Å². The highest BCUT2D eigenvalue weighted by Crippen LogP contribution is 2.55. The summed E-state index contributed by atoms with van der Waals surface area (Å²) in [6.07, 6.45) is 0. The summed E-state index contributed by atoms with van der Waals surface area (Å²) in [6.45, 7) is 0. The minimum atomic E-state index is 1.18. The van der Waals surface area contributed by atoms with Gasteiger partial charge in [0, 0.05) is 0 Å². The lowest BCUT2D eigenvalue weighted by Gasteiger charge is -2.26. The van der Waals surface area contributed by atoms with Crippen LogP contribution in [-0.4, -0.2) is 0 Å². The van der Waals surface area contributed by atoms with Crippen LogP contribution in [0.15, 0.2) is 315 Å². The second kappa shape index (κ2) is 19.9. The van der Waals surface area contributed by atoms with Crippen LogP contribution in [0.4, 0.5) is 0 Å². The standard InChI is InChI=1S/C80H52/c1-9-27-53(28-10-1)69-51-71(75(57-35-17-5-18-36-57)77(59-39-21-7-22-40-59)73(69)55-31-13-3-14-32-55)61-47-49-67-66-46-26-44-64-62(48-50-68(80(64)66)65-45-25-43-63(61)79(65)67)72-52-70(54-29-11-2-12-30-54)74(56-33-15-4-16-34-56)78(60-41-23-8-24-42-60)76(72)58-37-19-6-20-38-58/h1-52H. The van der Waals surface area contributed by atoms with E-state index in [2.05, 4.69) is 315 Å². The highest BCUT2D eigenvalue weighted by Gasteiger charge is 2.28. The number of hydrogen-bond donors (Lipinski definition) is 0. The molecule has 0 radical (unpaired) electrons. The maximum atomic E-state index is 2.49. The van der Waals surface area contributed by atoms with Crippen LogP contribution >= 0.6 is 0 Å². The molecule has 0 aliphatic rings. The average Bonchev–Trinajstić information content (AvgIpc) is 3.59. The first-order chi connectivity index (χ1) is 39.8. The van der Waals surface area contributed by atoms with E-state index >= 15 is 0 Å². The SMILES string of the molecule is c1ccc(-c2cc(-c3ccc4c5cccc6c(-c7cc(-c8ccccc8)c(-c8ccccc8)c(-c8ccccc8)c7-c7ccccc7)ccc(c7cccc3c74)c65)c(-c3ccccc3)c(-c3ccccc3)c2-c2ccccc2)cc1. The van der Waals surface area contributed by atoms with Gasteiger partial charge in [-0.1, -0.05) is 303 Å². The van der Waals surface area contributed by atoms with Crippen molar-refractivity contribution < 1.29 is 0 Å². The third kappa shape index (κ3) is 7.84. The van der Waals surface area contributed by atoms with Crippen LogP contribution in [0.25, 0.3) is 154 Å². The van der Waals surface area contributed by atoms with Gasteiger partial charge in [0.2, 0.25) is 0 Å². The van der Waals surface area contributed by atoms with Gasteiger partial charge in [0.05, 0.1) is 0 Å². The van der Waals surface area contributed by atoms with Gasteiger partial charge in [0.1, 0.15) is 0 Å². The van der Waals surface area contributed by atoms with Crippen LogP contribution < -0.4 is 0 Å². The number of benzene rings is 15. The molecule has 80 heavy (non-hydrogen) atoms. The number of rotatable bonds is 10. The Morgan fingerprint density at radius 1 is 0.125 bits per heavy atom. The van der Waals surface area contributed by atoms with Crippen molar-refractivity contribution in [1.29, 1.82) is 0 Å². The van der Waals surface area contributed by atoms with E-state index in [1.54, 1.807) is 0 Å². The molecule has 0 heteroatoms. The summed E-state index contributed by atoms with van der Waals surface area (Å²) in [4.78, 5) is 0. The second-order valence-corrected chi connectivity index (χ2v) is 20.9. The van der Waals surface area contributed by atoms with Crippen LogP contribution in [0.1, 0.15) is 0 Å². The highest BCUT2D eigenvalue weighted by molar-refractivity contribution is 6.36. The second-order valence-electron chi connectivity index (χ2n) is 20.9. The summed E-state index contributed by atoms with van der Waals surface area (Å²) < 4.78 is 0. The van der Waals surface area contributed by atoms with Crippen molar-refractivity contribution in [2.75, 3.05) is 0 Å². The summed E-state index contributed by atoms with van der Waals surface area (Å²) in [5, 5.41) is 10.0. The molecule has 0 aromatic heterocycles. The van der Waals surface area contributed by atoms with Crippen LogP contribution in [0.5, 0.6) is 0 Å². The molecule has 0 atom stereocenters. The van der Waals surface area contributed by atoms with E-state index in [9.17, 15) is 0 Å². The molecule has 372 valence electrons. The molecule has 0 nitrogen and oxygen atoms in total. The summed E-state index contributed by atoms with van der Waals surface area (Å²) in [5.74, 6) is 0. The maximum absolute atomic E-state index is 2.49. The highest BCUT2D eigenvalue weighted by atomic mass is 14.3. The summed E-state index contributed by atoms with van der Waals surface area (Å²) in [7, 11) is 0. The van der Waals surface area contributed by atoms with Gasteiger partial charge in [0.15, 0.2) is 0 Å². The van der Waals surface area contributed by atoms with E-state index in [4.69, 9.17) is 0 Å². The number of hydrogen-bond acceptors (Lipinski definition) is 0. The minimum absolute atomic E-state index is 1.18. The molecule has 15 rings (SSSR count). The molecule has 0 aliphatic carbocycles. The molecule has 0 saturated carbocycles. The van der Waals surface area contributed by atoms with Gasteiger partial charge in [-0.25, -0.2) is 0 Å². The van der Waals surface area contributed by atoms with Gasteiger partial charge in [-0.15, -0.1) is 0 Å². The molecule has 15 aromatic carbocycles. The average molecular weight is 1010 g/mol. The van der Waals surface area contributed by atoms with E-state index < -0.39 is 0 Å². The Labute approximate surface area is 467 Å². The first-order valence-corrected chi connectivity index (χ1v) is 27.7. The lowest BCUT2D eigenvalue weighted by atomic mass is 9.77. The zero-order valence-corrected chi connectivity index (χ0v) is 44.0. The smallest absolute Gasteiger partial charge is 0.00143 e. The summed E-state index contributed by atoms with van der Waals surface area (Å²) >= 11 is 0. The van der Waals surface area contributed by atoms with Gasteiger partial charge in [-0.3, -0.25) is 0 Å². The Bertz CT molecular complexity index is 4400. The summed E-state index contributed by atoms with van der Waals surface area (Å²) in [6, 6.07) is 117. The van der Waals surface area contributed by atoms with E-state index in [0.717, 1.165) is 0 Å². The van der Waals surface area contributed by atoms with E-state index in [-0.39, 0.29) is 0 Å². The normalized spacial score (nSPS) is 11.5. The first kappa shape index (κ1) is 46.9. The van der Waals surface area contributed by atoms with Gasteiger partial charge in [-0.2, -0.15) is 0 Å². The molecule has 0 fully saturated rings. The molecule has 0 spiro atoms. The lowest BCUT2D eigenvalue weighted by molar-refractivity contribution is 1.53. The molecule has 0 N–H and O–H groups in total. The van der Waals surface area contributed by atoms with Gasteiger partial charge < -0.3 is 0 Å². The molecule has 0 unspecified atom stereocenters. The van der Waals surface area contributed by atoms with Gasteiger partial charge >= 0.3 is 0 Å². The fourth-order valence-corrected chi connectivity index (χ4v) is 13.1. The summed E-state index contributed by atoms with van der Waals surface area (Å²) in [5.41, 5.74) is 24.0. The Balaban J connectivity index is 1.04. The fraction of sp³-hybridized carbons (Fsp3) is 0. The van der Waals surface area contributed by atoms with Crippen LogP contribution in [0, 0.1) is 0 Å². The van der Waals surface area contributed by atoms with Crippen molar-refractivity contribution in [1.82, 2.24) is 0 Å². The Hall–Kier alpha value is -10.4. The zero-order chi connectivity index (χ0) is 52.9. The predicted molar refractivity (Wildman–Crippen MR) is 342 cm³/mol. The van der Waals surface area contributed by atoms with Crippen molar-refractivity contribution in [3.63, 3.8) is 0 Å². The minimum Gasteiger partial charge on any atom is -0.0622 e. The van der Waals surface area contributed by atoms with Crippen molar-refractivity contribution in [2.45, 2.75) is 0 Å². The Morgan fingerprint density at radius 2 is 0.350 bits per heavy atom. The molecule has 0 bridgehead atoms. The topological polar surface area (TPSA) is 0 Å². The monoisotopic (exact) mass is 1010 g/mol. The molecular weight excluding hydrogens is 961 g/mol. The molecule has 0 aliphatic heterocycles. The van der Waals surface area contributed by atoms with E-state index in [0.29, 0.717) is 0 Å². The lowest BCUT2D eigenvalue weighted by Crippen LogP contribution is -1.99. The van der Waals surface area contributed by atoms with Crippen molar-refractivity contribution in [2.24, 2.45) is 0 Å². The molecule has 15 aromatic rings. The molecular formula is C80H52. The van der Waals surface area contributed by atoms with Crippen molar-refractivity contribution in [3.05, 3.63) is 315 Å². The van der Waals surface area contributed by atoms with Crippen LogP contribution in [-0.2, 0) is 0 Å². The fourth-order valence-electron chi connectivity index (χ4n) is 13.1. The van der Waals surface area contributed by atoms with E-state index in [1.807, 2.05) is 0 Å². The maximum Gasteiger partial charge on any atom is -0.00143 e. The van der Waals surface area contributed by atoms with Crippen LogP contribution in [0.2, 0.25) is 0 Å². The largest absolute Gasteiger partial charge is 0.0622 e. The Kier molecular flexibility index (Phi) is 11.6. The van der Waals surface area contributed by atoms with Crippen molar-refractivity contribution in [3.8, 4) is 111 Å². The zero-order valence-electron chi connectivity index (χ0n) is 44.0. The van der Waals surface area contributed by atoms with E-state index in [1.165, 1.54) is 154 Å². The third-order valence-electron chi connectivity index (χ3n) is 16.4. The van der Waals surface area contributed by atoms with Gasteiger partial charge in [-0.05, 0) is 166 Å². The quantitative estimate of drug-likeness (QED) is 0.0946. The van der Waals surface area contributed by atoms with Crippen molar-refractivity contribution >= 4 is 43.1 Å². The van der Waals surface area contributed by atoms with Gasteiger partial charge in [0.25, 0.3) is 0 Å². The predicted octanol–water partition coefficient (Wildman–Crippen LogP) is 22.4. The molecule has 0 heterocycles.